The van der Waals surface area contributed by atoms with Gasteiger partial charge in [0, 0.05) is 17.2 Å². The van der Waals surface area contributed by atoms with Gasteiger partial charge in [-0.25, -0.2) is 9.37 Å². The zero-order valence-corrected chi connectivity index (χ0v) is 12.9. The number of nitrogens with zero attached hydrogens (tertiary/aromatic N) is 1. The third-order valence-electron chi connectivity index (χ3n) is 4.34. The highest BCUT2D eigenvalue weighted by Gasteiger charge is 2.43. The molecule has 22 heavy (non-hydrogen) atoms. The minimum Gasteiger partial charge on any atom is -0.350 e. The van der Waals surface area contributed by atoms with Gasteiger partial charge >= 0.3 is 0 Å². The van der Waals surface area contributed by atoms with Crippen molar-refractivity contribution in [2.24, 2.45) is 5.92 Å². The Balaban J connectivity index is 1.31. The molecule has 2 aliphatic rings. The summed E-state index contributed by atoms with van der Waals surface area (Å²) >= 11 is 1.69. The fraction of sp³-hybridized carbons (Fsp3) is 0.412. The van der Waals surface area contributed by atoms with Crippen LogP contribution in [0, 0.1) is 11.7 Å². The predicted molar refractivity (Wildman–Crippen MR) is 83.2 cm³/mol. The van der Waals surface area contributed by atoms with Crippen LogP contribution >= 0.6 is 11.3 Å². The van der Waals surface area contributed by atoms with Gasteiger partial charge in [-0.2, -0.15) is 0 Å². The fourth-order valence-corrected chi connectivity index (χ4v) is 3.81. The maximum atomic E-state index is 13.2. The van der Waals surface area contributed by atoms with Crippen molar-refractivity contribution in [1.82, 2.24) is 10.3 Å². The molecular weight excluding hydrogens is 299 g/mol. The topological polar surface area (TPSA) is 42.0 Å². The Kier molecular flexibility index (Phi) is 3.45. The third kappa shape index (κ3) is 2.90. The number of amides is 1. The van der Waals surface area contributed by atoms with Gasteiger partial charge in [0.1, 0.15) is 5.82 Å². The van der Waals surface area contributed by atoms with Crippen molar-refractivity contribution in [3.05, 3.63) is 51.7 Å². The number of hydrogen-bond donors (Lipinski definition) is 1. The van der Waals surface area contributed by atoms with E-state index in [0.29, 0.717) is 12.5 Å². The van der Waals surface area contributed by atoms with E-state index in [9.17, 15) is 9.18 Å². The minimum absolute atomic E-state index is 0.0247. The maximum absolute atomic E-state index is 13.2. The van der Waals surface area contributed by atoms with E-state index in [2.05, 4.69) is 10.3 Å². The molecule has 2 aliphatic carbocycles. The molecule has 2 atom stereocenters. The normalized spacial score (nSPS) is 23.3. The van der Waals surface area contributed by atoms with Gasteiger partial charge in [-0.05, 0) is 42.9 Å². The van der Waals surface area contributed by atoms with E-state index in [4.69, 9.17) is 0 Å². The average molecular weight is 316 g/mol. The van der Waals surface area contributed by atoms with Crippen LogP contribution in [0.5, 0.6) is 0 Å². The number of thiazole rings is 1. The number of halogens is 1. The molecule has 1 aromatic carbocycles. The van der Waals surface area contributed by atoms with Crippen LogP contribution in [0.2, 0.25) is 0 Å². The fourth-order valence-electron chi connectivity index (χ4n) is 2.82. The SMILES string of the molecule is O=C(NCc1csc(C2CC2)n1)[C@@H]1C[C@H]1c1cccc(F)c1. The zero-order chi connectivity index (χ0) is 15.1. The lowest BCUT2D eigenvalue weighted by molar-refractivity contribution is -0.122. The van der Waals surface area contributed by atoms with Crippen LogP contribution in [0.4, 0.5) is 4.39 Å². The first-order valence-electron chi connectivity index (χ1n) is 7.68. The van der Waals surface area contributed by atoms with Crippen molar-refractivity contribution >= 4 is 17.2 Å². The molecule has 1 amide bonds. The van der Waals surface area contributed by atoms with E-state index in [1.54, 1.807) is 17.4 Å². The summed E-state index contributed by atoms with van der Waals surface area (Å²) in [5.74, 6) is 0.612. The first-order valence-corrected chi connectivity index (χ1v) is 8.56. The molecule has 0 aliphatic heterocycles. The molecule has 2 fully saturated rings. The van der Waals surface area contributed by atoms with Gasteiger partial charge in [-0.1, -0.05) is 12.1 Å². The molecule has 1 N–H and O–H groups in total. The summed E-state index contributed by atoms with van der Waals surface area (Å²) in [5.41, 5.74) is 1.87. The first-order chi connectivity index (χ1) is 10.7. The van der Waals surface area contributed by atoms with Crippen molar-refractivity contribution in [2.45, 2.75) is 37.6 Å². The van der Waals surface area contributed by atoms with Crippen molar-refractivity contribution in [2.75, 3.05) is 0 Å². The Bertz CT molecular complexity index is 710. The van der Waals surface area contributed by atoms with E-state index >= 15 is 0 Å². The summed E-state index contributed by atoms with van der Waals surface area (Å²) < 4.78 is 13.2. The molecule has 1 heterocycles. The molecule has 114 valence electrons. The lowest BCUT2D eigenvalue weighted by Crippen LogP contribution is -2.25. The van der Waals surface area contributed by atoms with Crippen LogP contribution in [-0.4, -0.2) is 10.9 Å². The zero-order valence-electron chi connectivity index (χ0n) is 12.1. The average Bonchev–Trinajstić information content (AvgIpc) is 3.43. The highest BCUT2D eigenvalue weighted by atomic mass is 32.1. The predicted octanol–water partition coefficient (Wildman–Crippen LogP) is 3.58. The van der Waals surface area contributed by atoms with Gasteiger partial charge in [0.15, 0.2) is 0 Å². The number of hydrogen-bond acceptors (Lipinski definition) is 3. The molecule has 3 nitrogen and oxygen atoms in total. The molecule has 0 bridgehead atoms. The van der Waals surface area contributed by atoms with Crippen LogP contribution < -0.4 is 5.32 Å². The largest absolute Gasteiger partial charge is 0.350 e. The molecule has 0 spiro atoms. The van der Waals surface area contributed by atoms with Gasteiger partial charge in [0.2, 0.25) is 5.91 Å². The van der Waals surface area contributed by atoms with Crippen molar-refractivity contribution < 1.29 is 9.18 Å². The monoisotopic (exact) mass is 316 g/mol. The van der Waals surface area contributed by atoms with Gasteiger partial charge in [-0.15, -0.1) is 11.3 Å². The van der Waals surface area contributed by atoms with E-state index < -0.39 is 0 Å². The lowest BCUT2D eigenvalue weighted by Gasteiger charge is -2.03. The van der Waals surface area contributed by atoms with E-state index in [1.165, 1.54) is 30.0 Å². The van der Waals surface area contributed by atoms with Crippen molar-refractivity contribution in [1.29, 1.82) is 0 Å². The van der Waals surface area contributed by atoms with E-state index in [-0.39, 0.29) is 23.6 Å². The standard InChI is InChI=1S/C17H17FN2OS/c18-12-3-1-2-11(6-12)14-7-15(14)16(21)19-8-13-9-22-17(20-13)10-4-5-10/h1-3,6,9-10,14-15H,4-5,7-8H2,(H,19,21)/t14-,15+/m0/s1. The number of rotatable bonds is 5. The highest BCUT2D eigenvalue weighted by Crippen LogP contribution is 2.47. The van der Waals surface area contributed by atoms with Gasteiger partial charge in [0.25, 0.3) is 0 Å². The Labute approximate surface area is 132 Å². The molecule has 1 aromatic heterocycles. The van der Waals surface area contributed by atoms with Gasteiger partial charge in [-0.3, -0.25) is 4.79 Å². The van der Waals surface area contributed by atoms with Crippen molar-refractivity contribution in [3.8, 4) is 0 Å². The number of carbonyl (C=O) groups is 1. The van der Waals surface area contributed by atoms with Crippen LogP contribution in [0.3, 0.4) is 0 Å². The summed E-state index contributed by atoms with van der Waals surface area (Å²) in [4.78, 5) is 16.7. The minimum atomic E-state index is -0.237. The van der Waals surface area contributed by atoms with Gasteiger partial charge < -0.3 is 5.32 Å². The Morgan fingerprint density at radius 2 is 2.27 bits per heavy atom. The molecular formula is C17H17FN2OS. The second kappa shape index (κ2) is 5.47. The molecule has 0 saturated heterocycles. The van der Waals surface area contributed by atoms with Crippen LogP contribution in [0.15, 0.2) is 29.6 Å². The molecule has 4 rings (SSSR count). The summed E-state index contributed by atoms with van der Waals surface area (Å²) in [6, 6.07) is 6.55. The summed E-state index contributed by atoms with van der Waals surface area (Å²) in [6.07, 6.45) is 3.30. The molecule has 5 heteroatoms. The quantitative estimate of drug-likeness (QED) is 0.916. The summed E-state index contributed by atoms with van der Waals surface area (Å²) in [5, 5.41) is 6.19. The maximum Gasteiger partial charge on any atom is 0.224 e. The smallest absolute Gasteiger partial charge is 0.224 e. The third-order valence-corrected chi connectivity index (χ3v) is 5.40. The molecule has 0 unspecified atom stereocenters. The molecule has 0 radical (unpaired) electrons. The van der Waals surface area contributed by atoms with Gasteiger partial charge in [0.05, 0.1) is 17.2 Å². The summed E-state index contributed by atoms with van der Waals surface area (Å²) in [7, 11) is 0. The van der Waals surface area contributed by atoms with Crippen LogP contribution in [0.1, 0.15) is 47.4 Å². The van der Waals surface area contributed by atoms with E-state index in [1.807, 2.05) is 11.4 Å². The second-order valence-electron chi connectivity index (χ2n) is 6.17. The Morgan fingerprint density at radius 3 is 3.05 bits per heavy atom. The number of aromatic nitrogens is 1. The number of benzene rings is 1. The van der Waals surface area contributed by atoms with E-state index in [0.717, 1.165) is 17.7 Å². The Hall–Kier alpha value is -1.75. The number of nitrogens with one attached hydrogen (secondary N) is 1. The Morgan fingerprint density at radius 1 is 1.41 bits per heavy atom. The van der Waals surface area contributed by atoms with Crippen molar-refractivity contribution in [3.63, 3.8) is 0 Å². The lowest BCUT2D eigenvalue weighted by atomic mass is 10.1. The second-order valence-corrected chi connectivity index (χ2v) is 7.06. The first kappa shape index (κ1) is 13.9. The number of carbonyl (C=O) groups excluding carboxylic acids is 1. The molecule has 2 saturated carbocycles. The molecule has 2 aromatic rings. The highest BCUT2D eigenvalue weighted by molar-refractivity contribution is 7.09. The van der Waals surface area contributed by atoms with Crippen LogP contribution in [0.25, 0.3) is 0 Å². The van der Waals surface area contributed by atoms with Crippen LogP contribution in [-0.2, 0) is 11.3 Å². The summed E-state index contributed by atoms with van der Waals surface area (Å²) in [6.45, 7) is 0.494.